The van der Waals surface area contributed by atoms with E-state index in [0.717, 1.165) is 12.8 Å². The molecule has 1 unspecified atom stereocenters. The van der Waals surface area contributed by atoms with Crippen molar-refractivity contribution in [2.24, 2.45) is 17.1 Å². The first-order valence-electron chi connectivity index (χ1n) is 12.6. The molecule has 1 fully saturated rings. The number of nitrogens with zero attached hydrogens (tertiary/aromatic N) is 1. The number of nitrogens with one attached hydrogen (secondary N) is 1. The lowest BCUT2D eigenvalue weighted by molar-refractivity contribution is -0.344. The fraction of sp³-hybridized carbons (Fsp3) is 0.577. The van der Waals surface area contributed by atoms with E-state index in [9.17, 15) is 27.6 Å². The minimum Gasteiger partial charge on any atom is -0.542 e. The first-order valence-corrected chi connectivity index (χ1v) is 12.6. The Morgan fingerprint density at radius 1 is 1.13 bits per heavy atom. The molecule has 0 radical (unpaired) electrons. The number of nitrogens with two attached hydrogens (primary N) is 2. The highest BCUT2D eigenvalue weighted by Crippen LogP contribution is 2.31. The maximum Gasteiger partial charge on any atom is 0.430 e. The molecule has 0 saturated carbocycles. The van der Waals surface area contributed by atoms with Crippen molar-refractivity contribution in [3.05, 3.63) is 35.4 Å². The fourth-order valence-corrected chi connectivity index (χ4v) is 4.22. The number of rotatable bonds is 10. The minimum atomic E-state index is -5.19. The number of hydrogen-bond donors (Lipinski definition) is 4. The third-order valence-corrected chi connectivity index (χ3v) is 6.65. The van der Waals surface area contributed by atoms with Gasteiger partial charge in [-0.15, -0.1) is 0 Å². The Bertz CT molecular complexity index is 1020. The van der Waals surface area contributed by atoms with Gasteiger partial charge < -0.3 is 25.2 Å². The third kappa shape index (κ3) is 10.6. The molecule has 1 aromatic carbocycles. The van der Waals surface area contributed by atoms with Crippen molar-refractivity contribution in [2.45, 2.75) is 71.5 Å². The number of carboxylic acids is 2. The zero-order chi connectivity index (χ0) is 30.0. The number of aliphatic carboxylic acids is 2. The van der Waals surface area contributed by atoms with Crippen molar-refractivity contribution in [1.82, 2.24) is 10.2 Å². The maximum absolute atomic E-state index is 13.4. The van der Waals surface area contributed by atoms with Gasteiger partial charge in [0.25, 0.3) is 11.7 Å². The first kappa shape index (κ1) is 33.4. The summed E-state index contributed by atoms with van der Waals surface area (Å²) >= 11 is 0. The summed E-state index contributed by atoms with van der Waals surface area (Å²) < 4.78 is 31.5. The van der Waals surface area contributed by atoms with Crippen molar-refractivity contribution in [3.8, 4) is 0 Å². The number of carboxylic acid groups (broad SMARTS) is 2. The van der Waals surface area contributed by atoms with E-state index in [-0.39, 0.29) is 36.0 Å². The molecule has 1 atom stereocenters. The average Bonchev–Trinajstić information content (AvgIpc) is 2.85. The lowest BCUT2D eigenvalue weighted by Crippen LogP contribution is -2.55. The molecule has 6 N–H and O–H groups in total. The number of carbonyl (C=O) groups is 4. The predicted molar refractivity (Wildman–Crippen MR) is 134 cm³/mol. The number of likely N-dealkylation sites (tertiary alicyclic amines) is 1. The molecule has 2 amide bonds. The Hall–Kier alpha value is -3.64. The molecule has 0 aliphatic carbocycles. The molecule has 39 heavy (non-hydrogen) atoms. The molecule has 1 saturated heterocycles. The number of amidine groups is 1. The Kier molecular flexibility index (Phi) is 12.4. The van der Waals surface area contributed by atoms with Crippen molar-refractivity contribution >= 4 is 29.6 Å². The van der Waals surface area contributed by atoms with E-state index in [4.69, 9.17) is 26.2 Å². The van der Waals surface area contributed by atoms with Crippen molar-refractivity contribution in [2.75, 3.05) is 13.1 Å². The summed E-state index contributed by atoms with van der Waals surface area (Å²) in [6.45, 7) is 6.94. The van der Waals surface area contributed by atoms with Gasteiger partial charge in [0.1, 0.15) is 5.97 Å². The maximum atomic E-state index is 13.4. The zero-order valence-corrected chi connectivity index (χ0v) is 22.3. The van der Waals surface area contributed by atoms with Crippen LogP contribution in [-0.2, 0) is 14.4 Å². The van der Waals surface area contributed by atoms with E-state index in [1.54, 1.807) is 24.3 Å². The van der Waals surface area contributed by atoms with Crippen LogP contribution >= 0.6 is 0 Å². The molecule has 2 rings (SSSR count). The Morgan fingerprint density at radius 2 is 1.62 bits per heavy atom. The summed E-state index contributed by atoms with van der Waals surface area (Å²) in [5.74, 6) is -3.75. The standard InChI is InChI=1S/C24H36N4O4.C2HF3O2/c1-4-5-6-19(27-22(31)18-9-7-17(8-10-18)21(25)26)24(2,3)23(32)28-13-11-16(12-14-28)15-20(29)30;3-2(4,5)1(6)7/h7-10,16,19H,4-6,11-15H2,1-3H3,(H3,25,26)(H,27,31)(H,29,30);(H,6,7). The van der Waals surface area contributed by atoms with E-state index in [0.29, 0.717) is 43.5 Å². The average molecular weight is 559 g/mol. The van der Waals surface area contributed by atoms with Gasteiger partial charge in [0.15, 0.2) is 0 Å². The highest BCUT2D eigenvalue weighted by Gasteiger charge is 2.41. The van der Waals surface area contributed by atoms with Gasteiger partial charge in [-0.3, -0.25) is 25.5 Å². The summed E-state index contributed by atoms with van der Waals surface area (Å²) in [7, 11) is 0. The SMILES string of the molecule is CCCCC(NC(=O)c1ccc(C(N)=[NH2+])cc1)C(C)(C)C(=O)N1CCC(CC(=O)O)CC1.O=C([O-])C(F)(F)F. The van der Waals surface area contributed by atoms with Crippen LogP contribution in [0.25, 0.3) is 0 Å². The quantitative estimate of drug-likeness (QED) is 0.238. The number of halogens is 3. The fourth-order valence-electron chi connectivity index (χ4n) is 4.22. The van der Waals surface area contributed by atoms with Gasteiger partial charge in [0, 0.05) is 31.1 Å². The zero-order valence-electron chi connectivity index (χ0n) is 22.3. The second-order valence-corrected chi connectivity index (χ2v) is 10.0. The summed E-state index contributed by atoms with van der Waals surface area (Å²) in [4.78, 5) is 47.9. The van der Waals surface area contributed by atoms with Crippen LogP contribution in [0.2, 0.25) is 0 Å². The third-order valence-electron chi connectivity index (χ3n) is 6.65. The number of alkyl halides is 3. The largest absolute Gasteiger partial charge is 0.542 e. The van der Waals surface area contributed by atoms with Crippen LogP contribution in [0.5, 0.6) is 0 Å². The molecule has 1 aromatic rings. The topological polar surface area (TPSA) is 178 Å². The molecule has 1 aliphatic rings. The second-order valence-electron chi connectivity index (χ2n) is 10.0. The molecule has 10 nitrogen and oxygen atoms in total. The number of benzene rings is 1. The number of hydrogen-bond acceptors (Lipinski definition) is 5. The smallest absolute Gasteiger partial charge is 0.430 e. The number of amides is 2. The van der Waals surface area contributed by atoms with E-state index < -0.39 is 23.5 Å². The van der Waals surface area contributed by atoms with Crippen LogP contribution in [0.3, 0.4) is 0 Å². The van der Waals surface area contributed by atoms with Gasteiger partial charge in [0.2, 0.25) is 5.91 Å². The summed E-state index contributed by atoms with van der Waals surface area (Å²) in [5, 5.41) is 26.5. The molecule has 1 aliphatic heterocycles. The molecule has 13 heteroatoms. The van der Waals surface area contributed by atoms with E-state index in [1.807, 2.05) is 18.7 Å². The normalized spacial score (nSPS) is 15.0. The molecule has 1 heterocycles. The predicted octanol–water partition coefficient (Wildman–Crippen LogP) is 0.478. The lowest BCUT2D eigenvalue weighted by Gasteiger charge is -2.40. The van der Waals surface area contributed by atoms with Crippen LogP contribution in [0.1, 0.15) is 75.2 Å². The van der Waals surface area contributed by atoms with Gasteiger partial charge >= 0.3 is 12.1 Å². The molecule has 0 spiro atoms. The Morgan fingerprint density at radius 3 is 2.03 bits per heavy atom. The number of piperidine rings is 1. The van der Waals surface area contributed by atoms with Crippen molar-refractivity contribution < 1.29 is 48.0 Å². The second kappa shape index (κ2) is 14.5. The van der Waals surface area contributed by atoms with Gasteiger partial charge in [-0.1, -0.05) is 19.8 Å². The highest BCUT2D eigenvalue weighted by atomic mass is 19.4. The van der Waals surface area contributed by atoms with Gasteiger partial charge in [-0.25, -0.2) is 0 Å². The van der Waals surface area contributed by atoms with Crippen molar-refractivity contribution in [1.29, 1.82) is 0 Å². The number of unbranched alkanes of at least 4 members (excludes halogenated alkanes) is 1. The van der Waals surface area contributed by atoms with E-state index in [1.165, 1.54) is 0 Å². The Labute approximate surface area is 225 Å². The summed E-state index contributed by atoms with van der Waals surface area (Å²) in [6.07, 6.45) is -1.13. The van der Waals surface area contributed by atoms with Crippen LogP contribution in [0.4, 0.5) is 13.2 Å². The highest BCUT2D eigenvalue weighted by molar-refractivity contribution is 5.97. The molecular formula is C26H37F3N4O6. The lowest BCUT2D eigenvalue weighted by atomic mass is 9.79. The van der Waals surface area contributed by atoms with E-state index in [2.05, 4.69) is 12.2 Å². The van der Waals surface area contributed by atoms with Crippen LogP contribution < -0.4 is 21.6 Å². The van der Waals surface area contributed by atoms with Crippen molar-refractivity contribution in [3.63, 3.8) is 0 Å². The first-order chi connectivity index (χ1) is 18.0. The van der Waals surface area contributed by atoms with Gasteiger partial charge in [0.05, 0.1) is 11.0 Å². The monoisotopic (exact) mass is 558 g/mol. The van der Waals surface area contributed by atoms with Gasteiger partial charge in [-0.2, -0.15) is 13.2 Å². The van der Waals surface area contributed by atoms with Gasteiger partial charge in [-0.05, 0) is 63.3 Å². The van der Waals surface area contributed by atoms with Crippen LogP contribution in [0, 0.1) is 11.3 Å². The van der Waals surface area contributed by atoms with Crippen LogP contribution in [0.15, 0.2) is 24.3 Å². The minimum absolute atomic E-state index is 0.00599. The summed E-state index contributed by atoms with van der Waals surface area (Å²) in [6, 6.07) is 6.41. The number of carbonyl (C=O) groups excluding carboxylic acids is 3. The van der Waals surface area contributed by atoms with Crippen LogP contribution in [-0.4, -0.2) is 64.9 Å². The van der Waals surface area contributed by atoms with E-state index >= 15 is 0 Å². The summed E-state index contributed by atoms with van der Waals surface area (Å²) in [5.41, 5.74) is 5.94. The molecule has 218 valence electrons. The Balaban J connectivity index is 0.000000956. The molecular weight excluding hydrogens is 521 g/mol. The molecule has 0 bridgehead atoms. The molecule has 0 aromatic heterocycles.